The van der Waals surface area contributed by atoms with Crippen LogP contribution in [0.4, 0.5) is 5.69 Å². The molecule has 0 bridgehead atoms. The second-order valence-corrected chi connectivity index (χ2v) is 5.50. The number of oxazole rings is 1. The smallest absolute Gasteiger partial charge is 0.291 e. The summed E-state index contributed by atoms with van der Waals surface area (Å²) in [5.41, 5.74) is 4.04. The van der Waals surface area contributed by atoms with Crippen LogP contribution in [-0.4, -0.2) is 10.9 Å². The van der Waals surface area contributed by atoms with E-state index in [2.05, 4.69) is 10.3 Å². The number of furan rings is 1. The van der Waals surface area contributed by atoms with E-state index in [1.54, 1.807) is 24.3 Å². The first-order valence-electron chi connectivity index (χ1n) is 7.51. The van der Waals surface area contributed by atoms with Crippen molar-refractivity contribution in [3.8, 4) is 11.5 Å². The summed E-state index contributed by atoms with van der Waals surface area (Å²) in [4.78, 5) is 16.5. The van der Waals surface area contributed by atoms with E-state index in [0.717, 1.165) is 16.6 Å². The summed E-state index contributed by atoms with van der Waals surface area (Å²) in [6.45, 7) is 2.02. The summed E-state index contributed by atoms with van der Waals surface area (Å²) in [7, 11) is 0. The molecule has 5 nitrogen and oxygen atoms in total. The molecule has 0 saturated heterocycles. The van der Waals surface area contributed by atoms with Crippen molar-refractivity contribution in [2.45, 2.75) is 6.92 Å². The SMILES string of the molecule is Cc1cccc(-c2nc3ccc(NC(=O)c4ccco4)cc3o2)c1. The van der Waals surface area contributed by atoms with E-state index in [9.17, 15) is 4.79 Å². The standard InChI is InChI=1S/C19H14N2O3/c1-12-4-2-5-13(10-12)19-21-15-8-7-14(11-17(15)24-19)20-18(22)16-6-3-9-23-16/h2-11H,1H3,(H,20,22). The van der Waals surface area contributed by atoms with E-state index >= 15 is 0 Å². The average Bonchev–Trinajstić information content (AvgIpc) is 3.24. The number of nitrogens with one attached hydrogen (secondary N) is 1. The zero-order chi connectivity index (χ0) is 16.5. The Hall–Kier alpha value is -3.34. The Morgan fingerprint density at radius 1 is 1.08 bits per heavy atom. The normalized spacial score (nSPS) is 10.9. The van der Waals surface area contributed by atoms with Crippen molar-refractivity contribution in [1.82, 2.24) is 4.98 Å². The molecule has 24 heavy (non-hydrogen) atoms. The van der Waals surface area contributed by atoms with E-state index < -0.39 is 0 Å². The molecule has 4 aromatic rings. The summed E-state index contributed by atoms with van der Waals surface area (Å²) in [6.07, 6.45) is 1.46. The number of nitrogens with zero attached hydrogens (tertiary/aromatic N) is 1. The predicted molar refractivity (Wildman–Crippen MR) is 90.8 cm³/mol. The molecule has 0 fully saturated rings. The molecule has 2 heterocycles. The lowest BCUT2D eigenvalue weighted by molar-refractivity contribution is 0.0996. The molecule has 0 atom stereocenters. The fourth-order valence-electron chi connectivity index (χ4n) is 2.50. The Bertz CT molecular complexity index is 1020. The molecule has 0 aliphatic heterocycles. The van der Waals surface area contributed by atoms with Crippen molar-refractivity contribution in [2.24, 2.45) is 0 Å². The largest absolute Gasteiger partial charge is 0.459 e. The molecular formula is C19H14N2O3. The van der Waals surface area contributed by atoms with Gasteiger partial charge in [0.2, 0.25) is 5.89 Å². The van der Waals surface area contributed by atoms with Gasteiger partial charge in [-0.3, -0.25) is 4.79 Å². The summed E-state index contributed by atoms with van der Waals surface area (Å²) in [5.74, 6) is 0.508. The Kier molecular flexibility index (Phi) is 3.39. The third kappa shape index (κ3) is 2.67. The number of carbonyl (C=O) groups excluding carboxylic acids is 1. The van der Waals surface area contributed by atoms with Crippen LogP contribution in [0.5, 0.6) is 0 Å². The molecule has 0 spiro atoms. The first kappa shape index (κ1) is 14.3. The molecule has 4 rings (SSSR count). The van der Waals surface area contributed by atoms with E-state index in [-0.39, 0.29) is 11.7 Å². The zero-order valence-corrected chi connectivity index (χ0v) is 12.9. The molecule has 2 aromatic carbocycles. The highest BCUT2D eigenvalue weighted by Gasteiger charge is 2.12. The number of anilines is 1. The zero-order valence-electron chi connectivity index (χ0n) is 12.9. The van der Waals surface area contributed by atoms with Gasteiger partial charge < -0.3 is 14.2 Å². The fraction of sp³-hybridized carbons (Fsp3) is 0.0526. The predicted octanol–water partition coefficient (Wildman–Crippen LogP) is 4.65. The number of hydrogen-bond donors (Lipinski definition) is 1. The number of aryl methyl sites for hydroxylation is 1. The summed E-state index contributed by atoms with van der Waals surface area (Å²) in [5, 5.41) is 2.77. The average molecular weight is 318 g/mol. The fourth-order valence-corrected chi connectivity index (χ4v) is 2.50. The molecule has 2 aromatic heterocycles. The second kappa shape index (κ2) is 5.70. The van der Waals surface area contributed by atoms with Gasteiger partial charge in [0.1, 0.15) is 5.52 Å². The molecule has 0 unspecified atom stereocenters. The first-order valence-corrected chi connectivity index (χ1v) is 7.51. The number of fused-ring (bicyclic) bond motifs is 1. The Balaban J connectivity index is 1.65. The van der Waals surface area contributed by atoms with E-state index in [1.165, 1.54) is 6.26 Å². The lowest BCUT2D eigenvalue weighted by Gasteiger charge is -2.02. The van der Waals surface area contributed by atoms with Gasteiger partial charge in [0, 0.05) is 17.3 Å². The summed E-state index contributed by atoms with van der Waals surface area (Å²) in [6, 6.07) is 16.6. The van der Waals surface area contributed by atoms with E-state index in [1.807, 2.05) is 37.3 Å². The van der Waals surface area contributed by atoms with Gasteiger partial charge in [0.15, 0.2) is 11.3 Å². The first-order chi connectivity index (χ1) is 11.7. The van der Waals surface area contributed by atoms with Crippen molar-refractivity contribution >= 4 is 22.7 Å². The quantitative estimate of drug-likeness (QED) is 0.597. The molecule has 5 heteroatoms. The van der Waals surface area contributed by atoms with Crippen LogP contribution in [0.2, 0.25) is 0 Å². The molecular weight excluding hydrogens is 304 g/mol. The van der Waals surface area contributed by atoms with Crippen molar-refractivity contribution < 1.29 is 13.6 Å². The minimum Gasteiger partial charge on any atom is -0.459 e. The van der Waals surface area contributed by atoms with Crippen LogP contribution in [0.25, 0.3) is 22.6 Å². The molecule has 1 N–H and O–H groups in total. The van der Waals surface area contributed by atoms with Crippen molar-refractivity contribution in [3.63, 3.8) is 0 Å². The number of aromatic nitrogens is 1. The topological polar surface area (TPSA) is 68.3 Å². The second-order valence-electron chi connectivity index (χ2n) is 5.50. The Labute approximate surface area is 137 Å². The van der Waals surface area contributed by atoms with Crippen LogP contribution in [-0.2, 0) is 0 Å². The van der Waals surface area contributed by atoms with Crippen LogP contribution >= 0.6 is 0 Å². The van der Waals surface area contributed by atoms with Crippen LogP contribution in [0, 0.1) is 6.92 Å². The van der Waals surface area contributed by atoms with Gasteiger partial charge >= 0.3 is 0 Å². The molecule has 0 radical (unpaired) electrons. The molecule has 118 valence electrons. The molecule has 0 saturated carbocycles. The third-order valence-corrected chi connectivity index (χ3v) is 3.66. The number of benzene rings is 2. The third-order valence-electron chi connectivity index (χ3n) is 3.66. The van der Waals surface area contributed by atoms with E-state index in [0.29, 0.717) is 17.2 Å². The van der Waals surface area contributed by atoms with Crippen molar-refractivity contribution in [1.29, 1.82) is 0 Å². The summed E-state index contributed by atoms with van der Waals surface area (Å²) >= 11 is 0. The number of amides is 1. The highest BCUT2D eigenvalue weighted by Crippen LogP contribution is 2.27. The lowest BCUT2D eigenvalue weighted by atomic mass is 10.1. The van der Waals surface area contributed by atoms with Crippen molar-refractivity contribution in [2.75, 3.05) is 5.32 Å². The van der Waals surface area contributed by atoms with Gasteiger partial charge in [-0.05, 0) is 43.3 Å². The number of rotatable bonds is 3. The van der Waals surface area contributed by atoms with Crippen LogP contribution in [0.15, 0.2) is 69.7 Å². The molecule has 0 aliphatic rings. The highest BCUT2D eigenvalue weighted by atomic mass is 16.3. The van der Waals surface area contributed by atoms with Gasteiger partial charge in [-0.25, -0.2) is 4.98 Å². The minimum absolute atomic E-state index is 0.258. The monoisotopic (exact) mass is 318 g/mol. The van der Waals surface area contributed by atoms with Gasteiger partial charge in [0.05, 0.1) is 6.26 Å². The number of hydrogen-bond acceptors (Lipinski definition) is 4. The maximum Gasteiger partial charge on any atom is 0.291 e. The van der Waals surface area contributed by atoms with Gasteiger partial charge in [0.25, 0.3) is 5.91 Å². The summed E-state index contributed by atoms with van der Waals surface area (Å²) < 4.78 is 10.9. The molecule has 0 aliphatic carbocycles. The van der Waals surface area contributed by atoms with Crippen LogP contribution in [0.1, 0.15) is 16.1 Å². The highest BCUT2D eigenvalue weighted by molar-refractivity contribution is 6.03. The maximum absolute atomic E-state index is 12.0. The Morgan fingerprint density at radius 3 is 2.79 bits per heavy atom. The van der Waals surface area contributed by atoms with Gasteiger partial charge in [-0.2, -0.15) is 0 Å². The molecule has 1 amide bonds. The number of carbonyl (C=O) groups is 1. The Morgan fingerprint density at radius 2 is 2.00 bits per heavy atom. The van der Waals surface area contributed by atoms with E-state index in [4.69, 9.17) is 8.83 Å². The minimum atomic E-state index is -0.308. The van der Waals surface area contributed by atoms with Crippen LogP contribution in [0.3, 0.4) is 0 Å². The maximum atomic E-state index is 12.0. The van der Waals surface area contributed by atoms with Gasteiger partial charge in [-0.1, -0.05) is 17.7 Å². The van der Waals surface area contributed by atoms with Crippen molar-refractivity contribution in [3.05, 3.63) is 72.2 Å². The van der Waals surface area contributed by atoms with Crippen LogP contribution < -0.4 is 5.32 Å². The van der Waals surface area contributed by atoms with Gasteiger partial charge in [-0.15, -0.1) is 0 Å². The lowest BCUT2D eigenvalue weighted by Crippen LogP contribution is -2.10.